The summed E-state index contributed by atoms with van der Waals surface area (Å²) in [6, 6.07) is 24.1. The van der Waals surface area contributed by atoms with E-state index in [9.17, 15) is 10.5 Å². The zero-order valence-corrected chi connectivity index (χ0v) is 29.8. The van der Waals surface area contributed by atoms with E-state index in [2.05, 4.69) is 74.5 Å². The first-order valence-electron chi connectivity index (χ1n) is 19.6. The van der Waals surface area contributed by atoms with Gasteiger partial charge in [-0.25, -0.2) is 0 Å². The lowest BCUT2D eigenvalue weighted by Gasteiger charge is -2.39. The Bertz CT molecular complexity index is 1080. The van der Waals surface area contributed by atoms with Crippen molar-refractivity contribution in [3.63, 3.8) is 0 Å². The van der Waals surface area contributed by atoms with Crippen molar-refractivity contribution in [2.75, 3.05) is 0 Å². The summed E-state index contributed by atoms with van der Waals surface area (Å²) in [7, 11) is 0. The van der Waals surface area contributed by atoms with Gasteiger partial charge >= 0.3 is 0 Å². The third kappa shape index (κ3) is 12.6. The van der Waals surface area contributed by atoms with E-state index >= 15 is 0 Å². The lowest BCUT2D eigenvalue weighted by molar-refractivity contribution is 0.377. The number of rotatable bonds is 18. The zero-order chi connectivity index (χ0) is 32.7. The topological polar surface area (TPSA) is 47.6 Å². The molecule has 1 aliphatic rings. The highest BCUT2D eigenvalue weighted by atomic mass is 14.4. The van der Waals surface area contributed by atoms with E-state index in [1.807, 2.05) is 0 Å². The Morgan fingerprint density at radius 2 is 0.891 bits per heavy atom. The third-order valence-corrected chi connectivity index (χ3v) is 10.9. The van der Waals surface area contributed by atoms with Crippen LogP contribution in [-0.4, -0.2) is 0 Å². The van der Waals surface area contributed by atoms with Gasteiger partial charge < -0.3 is 0 Å². The summed E-state index contributed by atoms with van der Waals surface area (Å²) in [5.41, 5.74) is 6.17. The highest BCUT2D eigenvalue weighted by Crippen LogP contribution is 2.46. The minimum absolute atomic E-state index is 0.0257. The molecule has 46 heavy (non-hydrogen) atoms. The second kappa shape index (κ2) is 22.9. The Morgan fingerprint density at radius 1 is 0.522 bits per heavy atom. The standard InChI is InChI=1S/C44H66N2/c1-3-5-14-24-38(36-45)26-22-30-40-28-16-18-32-42(40)44(34-20-12-10-8-7-9-11-13-21-35-44)43-33-19-17-29-41(43)31-23-27-39(37-46)25-15-6-4-2/h16-19,28-29,32-33,38-39H,3-15,20-27,30-31,34-35H2,1-2H3. The van der Waals surface area contributed by atoms with Crippen LogP contribution in [0.3, 0.4) is 0 Å². The summed E-state index contributed by atoms with van der Waals surface area (Å²) in [5.74, 6) is 0.378. The van der Waals surface area contributed by atoms with Crippen LogP contribution in [0.4, 0.5) is 0 Å². The van der Waals surface area contributed by atoms with Crippen molar-refractivity contribution in [2.45, 2.75) is 180 Å². The maximum atomic E-state index is 9.86. The first-order chi connectivity index (χ1) is 22.7. The monoisotopic (exact) mass is 623 g/mol. The van der Waals surface area contributed by atoms with Crippen molar-refractivity contribution in [3.05, 3.63) is 70.8 Å². The van der Waals surface area contributed by atoms with E-state index < -0.39 is 0 Å². The van der Waals surface area contributed by atoms with Gasteiger partial charge in [0, 0.05) is 17.3 Å². The molecular weight excluding hydrogens is 556 g/mol. The van der Waals surface area contributed by atoms with E-state index in [1.54, 1.807) is 11.1 Å². The van der Waals surface area contributed by atoms with Crippen molar-refractivity contribution in [2.24, 2.45) is 11.8 Å². The number of hydrogen-bond donors (Lipinski definition) is 0. The molecule has 2 aromatic carbocycles. The van der Waals surface area contributed by atoms with Crippen LogP contribution in [0.2, 0.25) is 0 Å². The van der Waals surface area contributed by atoms with E-state index in [-0.39, 0.29) is 17.3 Å². The summed E-state index contributed by atoms with van der Waals surface area (Å²) < 4.78 is 0. The smallest absolute Gasteiger partial charge is 0.0655 e. The Morgan fingerprint density at radius 3 is 1.28 bits per heavy atom. The Kier molecular flexibility index (Phi) is 18.8. The Hall–Kier alpha value is -2.58. The molecule has 0 bridgehead atoms. The maximum Gasteiger partial charge on any atom is 0.0655 e. The van der Waals surface area contributed by atoms with Crippen LogP contribution < -0.4 is 0 Å². The predicted octanol–water partition coefficient (Wildman–Crippen LogP) is 13.4. The molecule has 2 aromatic rings. The van der Waals surface area contributed by atoms with Crippen LogP contribution in [0, 0.1) is 34.5 Å². The molecule has 0 amide bonds. The quantitative estimate of drug-likeness (QED) is 0.155. The first-order valence-corrected chi connectivity index (χ1v) is 19.6. The van der Waals surface area contributed by atoms with Crippen LogP contribution >= 0.6 is 0 Å². The van der Waals surface area contributed by atoms with Crippen LogP contribution in [0.15, 0.2) is 48.5 Å². The van der Waals surface area contributed by atoms with Gasteiger partial charge in [0.15, 0.2) is 0 Å². The van der Waals surface area contributed by atoms with Gasteiger partial charge in [-0.05, 0) is 86.5 Å². The molecule has 1 fully saturated rings. The van der Waals surface area contributed by atoms with Crippen molar-refractivity contribution >= 4 is 0 Å². The molecule has 0 radical (unpaired) electrons. The molecule has 0 aromatic heterocycles. The van der Waals surface area contributed by atoms with E-state index in [0.29, 0.717) is 0 Å². The molecule has 2 nitrogen and oxygen atoms in total. The van der Waals surface area contributed by atoms with Gasteiger partial charge in [-0.2, -0.15) is 10.5 Å². The number of benzene rings is 2. The molecule has 0 spiro atoms. The molecule has 252 valence electrons. The summed E-state index contributed by atoms with van der Waals surface area (Å²) in [6.07, 6.45) is 30.2. The number of nitrogens with zero attached hydrogens (tertiary/aromatic N) is 2. The summed E-state index contributed by atoms with van der Waals surface area (Å²) in [6.45, 7) is 4.49. The largest absolute Gasteiger partial charge is 0.198 e. The molecule has 0 heterocycles. The molecule has 2 heteroatoms. The average molecular weight is 623 g/mol. The molecule has 2 unspecified atom stereocenters. The Labute approximate surface area is 284 Å². The summed E-state index contributed by atoms with van der Waals surface area (Å²) >= 11 is 0. The fourth-order valence-electron chi connectivity index (χ4n) is 8.22. The van der Waals surface area contributed by atoms with Crippen molar-refractivity contribution in [1.29, 1.82) is 10.5 Å². The minimum Gasteiger partial charge on any atom is -0.198 e. The van der Waals surface area contributed by atoms with Crippen molar-refractivity contribution in [3.8, 4) is 12.1 Å². The average Bonchev–Trinajstić information content (AvgIpc) is 3.08. The number of nitriles is 2. The fraction of sp³-hybridized carbons (Fsp3) is 0.682. The second-order valence-corrected chi connectivity index (χ2v) is 14.5. The molecule has 3 rings (SSSR count). The van der Waals surface area contributed by atoms with Crippen LogP contribution in [0.5, 0.6) is 0 Å². The molecule has 1 saturated carbocycles. The molecule has 0 saturated heterocycles. The summed E-state index contributed by atoms with van der Waals surface area (Å²) in [4.78, 5) is 0. The maximum absolute atomic E-state index is 9.86. The van der Waals surface area contributed by atoms with Crippen LogP contribution in [0.1, 0.15) is 184 Å². The number of aryl methyl sites for hydroxylation is 2. The number of unbranched alkanes of at least 4 members (excludes halogenated alkanes) is 4. The van der Waals surface area contributed by atoms with Gasteiger partial charge in [-0.15, -0.1) is 0 Å². The Balaban J connectivity index is 1.92. The van der Waals surface area contributed by atoms with Gasteiger partial charge in [0.25, 0.3) is 0 Å². The normalized spacial score (nSPS) is 17.1. The molecule has 0 aliphatic heterocycles. The predicted molar refractivity (Wildman–Crippen MR) is 197 cm³/mol. The van der Waals surface area contributed by atoms with Crippen LogP contribution in [-0.2, 0) is 18.3 Å². The van der Waals surface area contributed by atoms with Gasteiger partial charge in [0.05, 0.1) is 12.1 Å². The molecule has 1 aliphatic carbocycles. The van der Waals surface area contributed by atoms with Crippen LogP contribution in [0.25, 0.3) is 0 Å². The lowest BCUT2D eigenvalue weighted by Crippen LogP contribution is -2.31. The summed E-state index contributed by atoms with van der Waals surface area (Å²) in [5, 5.41) is 19.7. The van der Waals surface area contributed by atoms with Gasteiger partial charge in [0.2, 0.25) is 0 Å². The lowest BCUT2D eigenvalue weighted by atomic mass is 9.64. The van der Waals surface area contributed by atoms with Gasteiger partial charge in [-0.1, -0.05) is 159 Å². The second-order valence-electron chi connectivity index (χ2n) is 14.5. The third-order valence-electron chi connectivity index (χ3n) is 10.9. The molecule has 2 atom stereocenters. The number of hydrogen-bond acceptors (Lipinski definition) is 2. The van der Waals surface area contributed by atoms with E-state index in [0.717, 1.165) is 51.4 Å². The zero-order valence-electron chi connectivity index (χ0n) is 29.8. The molecule has 0 N–H and O–H groups in total. The fourth-order valence-corrected chi connectivity index (χ4v) is 8.22. The van der Waals surface area contributed by atoms with Gasteiger partial charge in [0.1, 0.15) is 0 Å². The molecular formula is C44H66N2. The SMILES string of the molecule is CCCCCC(C#N)CCCc1ccccc1C1(c2ccccc2CCCC(C#N)CCCCC)CCCCCCCCCCC1. The van der Waals surface area contributed by atoms with E-state index in [4.69, 9.17) is 0 Å². The highest BCUT2D eigenvalue weighted by molar-refractivity contribution is 5.47. The highest BCUT2D eigenvalue weighted by Gasteiger charge is 2.36. The van der Waals surface area contributed by atoms with Gasteiger partial charge in [-0.3, -0.25) is 0 Å². The first kappa shape index (κ1) is 37.9. The minimum atomic E-state index is 0.0257. The van der Waals surface area contributed by atoms with Crippen molar-refractivity contribution in [1.82, 2.24) is 0 Å². The van der Waals surface area contributed by atoms with E-state index in [1.165, 1.54) is 120 Å². The van der Waals surface area contributed by atoms with Crippen molar-refractivity contribution < 1.29 is 0 Å².